The highest BCUT2D eigenvalue weighted by Gasteiger charge is 2.29. The number of nitrogens with zero attached hydrogens (tertiary/aromatic N) is 3. The summed E-state index contributed by atoms with van der Waals surface area (Å²) in [4.78, 5) is 30.8. The molecule has 7 nitrogen and oxygen atoms in total. The Morgan fingerprint density at radius 1 is 1.40 bits per heavy atom. The molecule has 25 heavy (non-hydrogen) atoms. The van der Waals surface area contributed by atoms with E-state index in [-0.39, 0.29) is 23.8 Å². The van der Waals surface area contributed by atoms with Crippen molar-refractivity contribution in [2.24, 2.45) is 5.92 Å². The molecule has 0 unspecified atom stereocenters. The fourth-order valence-corrected chi connectivity index (χ4v) is 3.04. The quantitative estimate of drug-likeness (QED) is 0.888. The maximum absolute atomic E-state index is 12.7. The predicted octanol–water partition coefficient (Wildman–Crippen LogP) is 1.85. The van der Waals surface area contributed by atoms with Gasteiger partial charge in [0, 0.05) is 37.1 Å². The lowest BCUT2D eigenvalue weighted by molar-refractivity contribution is -0.126. The lowest BCUT2D eigenvalue weighted by Crippen LogP contribution is -2.46. The van der Waals surface area contributed by atoms with Crippen LogP contribution in [0.5, 0.6) is 0 Å². The van der Waals surface area contributed by atoms with Crippen LogP contribution in [0.3, 0.4) is 0 Å². The van der Waals surface area contributed by atoms with Gasteiger partial charge in [0.1, 0.15) is 5.69 Å². The maximum Gasteiger partial charge on any atom is 0.271 e. The third-order valence-electron chi connectivity index (χ3n) is 4.28. The van der Waals surface area contributed by atoms with Crippen molar-refractivity contribution >= 4 is 11.8 Å². The molecule has 1 aliphatic heterocycles. The smallest absolute Gasteiger partial charge is 0.271 e. The second-order valence-electron chi connectivity index (χ2n) is 6.66. The van der Waals surface area contributed by atoms with Gasteiger partial charge in [-0.2, -0.15) is 5.10 Å². The fourth-order valence-electron chi connectivity index (χ4n) is 3.04. The third-order valence-corrected chi connectivity index (χ3v) is 4.28. The molecule has 0 radical (unpaired) electrons. The first-order valence-electron chi connectivity index (χ1n) is 8.60. The lowest BCUT2D eigenvalue weighted by atomic mass is 9.96. The van der Waals surface area contributed by atoms with Crippen LogP contribution in [-0.4, -0.2) is 51.0 Å². The van der Waals surface area contributed by atoms with Crippen molar-refractivity contribution < 1.29 is 9.59 Å². The average molecular weight is 341 g/mol. The zero-order valence-corrected chi connectivity index (χ0v) is 14.5. The van der Waals surface area contributed by atoms with Crippen LogP contribution in [0, 0.1) is 5.92 Å². The number of hydrogen-bond acceptors (Lipinski definition) is 4. The van der Waals surface area contributed by atoms with E-state index in [9.17, 15) is 9.59 Å². The van der Waals surface area contributed by atoms with Crippen molar-refractivity contribution in [1.29, 1.82) is 0 Å². The summed E-state index contributed by atoms with van der Waals surface area (Å²) in [7, 11) is 0. The molecular weight excluding hydrogens is 318 g/mol. The van der Waals surface area contributed by atoms with Gasteiger partial charge in [0.25, 0.3) is 5.91 Å². The number of nitrogens with one attached hydrogen (secondary N) is 2. The van der Waals surface area contributed by atoms with Crippen LogP contribution in [0.4, 0.5) is 0 Å². The van der Waals surface area contributed by atoms with Gasteiger partial charge in [0.2, 0.25) is 5.91 Å². The highest BCUT2D eigenvalue weighted by atomic mass is 16.2. The van der Waals surface area contributed by atoms with E-state index < -0.39 is 0 Å². The van der Waals surface area contributed by atoms with Gasteiger partial charge in [-0.3, -0.25) is 19.7 Å². The Kier molecular flexibility index (Phi) is 5.11. The van der Waals surface area contributed by atoms with Gasteiger partial charge in [0.15, 0.2) is 0 Å². The van der Waals surface area contributed by atoms with E-state index in [0.717, 1.165) is 18.4 Å². The summed E-state index contributed by atoms with van der Waals surface area (Å²) in [5.41, 5.74) is 1.97. The summed E-state index contributed by atoms with van der Waals surface area (Å²) in [5, 5.41) is 9.95. The zero-order chi connectivity index (χ0) is 17.8. The summed E-state index contributed by atoms with van der Waals surface area (Å²) in [6.45, 7) is 4.98. The number of piperidine rings is 1. The molecule has 1 fully saturated rings. The van der Waals surface area contributed by atoms with Crippen LogP contribution < -0.4 is 5.32 Å². The van der Waals surface area contributed by atoms with E-state index >= 15 is 0 Å². The molecule has 0 spiro atoms. The molecule has 0 saturated carbocycles. The number of likely N-dealkylation sites (tertiary alicyclic amines) is 1. The Morgan fingerprint density at radius 3 is 2.96 bits per heavy atom. The van der Waals surface area contributed by atoms with Gasteiger partial charge in [-0.1, -0.05) is 0 Å². The standard InChI is InChI=1S/C18H23N5O2/c1-12(2)20-17(24)14-6-4-8-23(11-14)18(25)16-9-15(21-22-16)13-5-3-7-19-10-13/h3,5,7,9-10,12,14H,4,6,8,11H2,1-2H3,(H,20,24)(H,21,22)/t14-/m1/s1. The Hall–Kier alpha value is -2.70. The van der Waals surface area contributed by atoms with E-state index in [0.29, 0.717) is 24.5 Å². The van der Waals surface area contributed by atoms with Crippen LogP contribution >= 0.6 is 0 Å². The molecule has 2 amide bonds. The summed E-state index contributed by atoms with van der Waals surface area (Å²) in [6, 6.07) is 5.56. The number of H-pyrrole nitrogens is 1. The van der Waals surface area contributed by atoms with Gasteiger partial charge < -0.3 is 10.2 Å². The van der Waals surface area contributed by atoms with Crippen LogP contribution in [0.25, 0.3) is 11.3 Å². The van der Waals surface area contributed by atoms with Gasteiger partial charge in [-0.05, 0) is 44.9 Å². The van der Waals surface area contributed by atoms with E-state index in [1.807, 2.05) is 26.0 Å². The number of aromatic nitrogens is 3. The predicted molar refractivity (Wildman–Crippen MR) is 93.7 cm³/mol. The molecule has 0 aromatic carbocycles. The molecule has 1 aliphatic rings. The molecule has 0 bridgehead atoms. The Bertz CT molecular complexity index is 741. The number of aromatic amines is 1. The maximum atomic E-state index is 12.7. The van der Waals surface area contributed by atoms with Crippen molar-refractivity contribution in [2.45, 2.75) is 32.7 Å². The van der Waals surface area contributed by atoms with E-state index in [1.54, 1.807) is 23.4 Å². The van der Waals surface area contributed by atoms with Gasteiger partial charge >= 0.3 is 0 Å². The molecule has 3 heterocycles. The first-order chi connectivity index (χ1) is 12.0. The number of hydrogen-bond donors (Lipinski definition) is 2. The normalized spacial score (nSPS) is 17.6. The minimum Gasteiger partial charge on any atom is -0.354 e. The molecule has 7 heteroatoms. The van der Waals surface area contributed by atoms with E-state index in [4.69, 9.17) is 0 Å². The van der Waals surface area contributed by atoms with Crippen LogP contribution in [-0.2, 0) is 4.79 Å². The Morgan fingerprint density at radius 2 is 2.24 bits per heavy atom. The SMILES string of the molecule is CC(C)NC(=O)[C@@H]1CCCN(C(=O)c2cc(-c3cccnc3)n[nH]2)C1. The highest BCUT2D eigenvalue weighted by molar-refractivity contribution is 5.94. The number of carbonyl (C=O) groups excluding carboxylic acids is 2. The monoisotopic (exact) mass is 341 g/mol. The molecule has 1 saturated heterocycles. The van der Waals surface area contributed by atoms with Gasteiger partial charge in [-0.15, -0.1) is 0 Å². The Balaban J connectivity index is 1.68. The second kappa shape index (κ2) is 7.46. The van der Waals surface area contributed by atoms with Crippen LogP contribution in [0.2, 0.25) is 0 Å². The lowest BCUT2D eigenvalue weighted by Gasteiger charge is -2.32. The van der Waals surface area contributed by atoms with Crippen molar-refractivity contribution in [3.05, 3.63) is 36.3 Å². The number of pyridine rings is 1. The molecule has 2 N–H and O–H groups in total. The molecule has 2 aromatic heterocycles. The number of carbonyl (C=O) groups is 2. The van der Waals surface area contributed by atoms with Crippen molar-refractivity contribution in [3.8, 4) is 11.3 Å². The molecule has 2 aromatic rings. The van der Waals surface area contributed by atoms with Gasteiger partial charge in [0.05, 0.1) is 11.6 Å². The first-order valence-corrected chi connectivity index (χ1v) is 8.60. The minimum atomic E-state index is -0.152. The Labute approximate surface area is 146 Å². The van der Waals surface area contributed by atoms with Crippen molar-refractivity contribution in [1.82, 2.24) is 25.4 Å². The van der Waals surface area contributed by atoms with Crippen LogP contribution in [0.15, 0.2) is 30.6 Å². The first kappa shape index (κ1) is 17.1. The topological polar surface area (TPSA) is 91.0 Å². The van der Waals surface area contributed by atoms with Crippen molar-refractivity contribution in [2.75, 3.05) is 13.1 Å². The van der Waals surface area contributed by atoms with E-state index in [2.05, 4.69) is 20.5 Å². The van der Waals surface area contributed by atoms with Crippen molar-refractivity contribution in [3.63, 3.8) is 0 Å². The summed E-state index contributed by atoms with van der Waals surface area (Å²) >= 11 is 0. The molecular formula is C18H23N5O2. The largest absolute Gasteiger partial charge is 0.354 e. The number of rotatable bonds is 4. The average Bonchev–Trinajstić information content (AvgIpc) is 3.11. The summed E-state index contributed by atoms with van der Waals surface area (Å²) in [6.07, 6.45) is 5.04. The second-order valence-corrected chi connectivity index (χ2v) is 6.66. The van der Waals surface area contributed by atoms with Gasteiger partial charge in [-0.25, -0.2) is 0 Å². The summed E-state index contributed by atoms with van der Waals surface area (Å²) in [5.74, 6) is -0.251. The van der Waals surface area contributed by atoms with E-state index in [1.165, 1.54) is 0 Å². The third kappa shape index (κ3) is 4.04. The molecule has 1 atom stereocenters. The molecule has 3 rings (SSSR count). The molecule has 132 valence electrons. The zero-order valence-electron chi connectivity index (χ0n) is 14.5. The highest BCUT2D eigenvalue weighted by Crippen LogP contribution is 2.21. The summed E-state index contributed by atoms with van der Waals surface area (Å²) < 4.78 is 0. The minimum absolute atomic E-state index is 0.0214. The molecule has 0 aliphatic carbocycles. The van der Waals surface area contributed by atoms with Crippen LogP contribution in [0.1, 0.15) is 37.2 Å². The number of amides is 2. The fraction of sp³-hybridized carbons (Fsp3) is 0.444.